The van der Waals surface area contributed by atoms with Crippen LogP contribution in [-0.2, 0) is 4.74 Å². The lowest BCUT2D eigenvalue weighted by molar-refractivity contribution is 0.0427. The van der Waals surface area contributed by atoms with Crippen LogP contribution in [0.15, 0.2) is 0 Å². The smallest absolute Gasteiger partial charge is 0.0621 e. The first-order valence-corrected chi connectivity index (χ1v) is 4.93. The Morgan fingerprint density at radius 2 is 1.83 bits per heavy atom. The van der Waals surface area contributed by atoms with E-state index >= 15 is 0 Å². The average Bonchev–Trinajstić information content (AvgIpc) is 1.99. The van der Waals surface area contributed by atoms with Crippen LogP contribution in [0, 0.1) is 5.92 Å². The lowest BCUT2D eigenvalue weighted by atomic mass is 10.1. The predicted molar refractivity (Wildman–Crippen MR) is 53.1 cm³/mol. The van der Waals surface area contributed by atoms with E-state index in [0.29, 0.717) is 18.6 Å². The van der Waals surface area contributed by atoms with Gasteiger partial charge in [-0.25, -0.2) is 0 Å². The zero-order chi connectivity index (χ0) is 9.56. The van der Waals surface area contributed by atoms with Gasteiger partial charge in [-0.3, -0.25) is 0 Å². The number of hydrogen-bond donors (Lipinski definition) is 1. The molecule has 0 rings (SSSR count). The van der Waals surface area contributed by atoms with Crippen LogP contribution in [0.25, 0.3) is 0 Å². The Balaban J connectivity index is 3.36. The van der Waals surface area contributed by atoms with E-state index < -0.39 is 0 Å². The van der Waals surface area contributed by atoms with E-state index in [9.17, 15) is 0 Å². The van der Waals surface area contributed by atoms with Gasteiger partial charge in [-0.15, -0.1) is 0 Å². The van der Waals surface area contributed by atoms with Crippen molar-refractivity contribution in [3.05, 3.63) is 0 Å². The molecule has 12 heavy (non-hydrogen) atoms. The fourth-order valence-corrected chi connectivity index (χ4v) is 1.14. The first kappa shape index (κ1) is 11.9. The van der Waals surface area contributed by atoms with Crippen molar-refractivity contribution < 1.29 is 4.74 Å². The average molecular weight is 173 g/mol. The van der Waals surface area contributed by atoms with Crippen molar-refractivity contribution >= 4 is 0 Å². The third-order valence-corrected chi connectivity index (χ3v) is 1.92. The molecule has 0 amide bonds. The van der Waals surface area contributed by atoms with Gasteiger partial charge in [-0.1, -0.05) is 20.8 Å². The maximum atomic E-state index is 5.73. The summed E-state index contributed by atoms with van der Waals surface area (Å²) in [5.74, 6) is 0.706. The Bertz CT molecular complexity index is 104. The number of nitrogens with two attached hydrogens (primary N) is 1. The van der Waals surface area contributed by atoms with Gasteiger partial charge in [0, 0.05) is 6.04 Å². The van der Waals surface area contributed by atoms with Crippen molar-refractivity contribution in [2.24, 2.45) is 11.7 Å². The molecule has 2 nitrogen and oxygen atoms in total. The molecule has 0 saturated carbocycles. The fraction of sp³-hybridized carbons (Fsp3) is 1.00. The van der Waals surface area contributed by atoms with Crippen LogP contribution in [0.1, 0.15) is 40.5 Å². The van der Waals surface area contributed by atoms with E-state index in [1.54, 1.807) is 0 Å². The molecular weight excluding hydrogens is 150 g/mol. The summed E-state index contributed by atoms with van der Waals surface area (Å²) in [5.41, 5.74) is 5.73. The maximum absolute atomic E-state index is 5.73. The molecule has 0 aromatic heterocycles. The molecule has 2 unspecified atom stereocenters. The molecule has 2 atom stereocenters. The lowest BCUT2D eigenvalue weighted by Gasteiger charge is -2.17. The van der Waals surface area contributed by atoms with Gasteiger partial charge >= 0.3 is 0 Å². The highest BCUT2D eigenvalue weighted by molar-refractivity contribution is 4.59. The van der Waals surface area contributed by atoms with Gasteiger partial charge < -0.3 is 10.5 Å². The Labute approximate surface area is 76.5 Å². The summed E-state index contributed by atoms with van der Waals surface area (Å²) >= 11 is 0. The molecule has 2 heteroatoms. The number of rotatable bonds is 6. The van der Waals surface area contributed by atoms with Gasteiger partial charge in [-0.05, 0) is 25.7 Å². The molecule has 0 saturated heterocycles. The van der Waals surface area contributed by atoms with Crippen LogP contribution in [0.5, 0.6) is 0 Å². The Morgan fingerprint density at radius 3 is 2.25 bits per heavy atom. The fourth-order valence-electron chi connectivity index (χ4n) is 1.14. The van der Waals surface area contributed by atoms with E-state index in [1.165, 1.54) is 0 Å². The minimum absolute atomic E-state index is 0.208. The largest absolute Gasteiger partial charge is 0.377 e. The van der Waals surface area contributed by atoms with Crippen molar-refractivity contribution in [3.8, 4) is 0 Å². The van der Waals surface area contributed by atoms with Crippen molar-refractivity contribution in [3.63, 3.8) is 0 Å². The molecule has 0 radical (unpaired) electrons. The predicted octanol–water partition coefficient (Wildman–Crippen LogP) is 2.17. The minimum atomic E-state index is 0.208. The summed E-state index contributed by atoms with van der Waals surface area (Å²) in [5, 5.41) is 0. The minimum Gasteiger partial charge on any atom is -0.377 e. The zero-order valence-electron chi connectivity index (χ0n) is 8.84. The Hall–Kier alpha value is -0.0800. The highest BCUT2D eigenvalue weighted by atomic mass is 16.5. The third-order valence-electron chi connectivity index (χ3n) is 1.92. The van der Waals surface area contributed by atoms with Crippen molar-refractivity contribution in [2.75, 3.05) is 6.61 Å². The SMILES string of the molecule is CCC(N)COC(C)CC(C)C. The van der Waals surface area contributed by atoms with Gasteiger partial charge in [0.2, 0.25) is 0 Å². The second kappa shape index (κ2) is 6.44. The first-order chi connectivity index (χ1) is 5.56. The molecule has 74 valence electrons. The summed E-state index contributed by atoms with van der Waals surface area (Å²) in [7, 11) is 0. The second-order valence-electron chi connectivity index (χ2n) is 3.94. The first-order valence-electron chi connectivity index (χ1n) is 4.93. The highest BCUT2D eigenvalue weighted by Crippen LogP contribution is 2.07. The number of ether oxygens (including phenoxy) is 1. The normalized spacial score (nSPS) is 16.5. The van der Waals surface area contributed by atoms with E-state index in [-0.39, 0.29) is 6.04 Å². The van der Waals surface area contributed by atoms with Crippen molar-refractivity contribution in [2.45, 2.75) is 52.7 Å². The van der Waals surface area contributed by atoms with Gasteiger partial charge in [0.05, 0.1) is 12.7 Å². The van der Waals surface area contributed by atoms with Crippen LogP contribution in [-0.4, -0.2) is 18.8 Å². The molecule has 0 bridgehead atoms. The highest BCUT2D eigenvalue weighted by Gasteiger charge is 2.06. The molecule has 0 aromatic carbocycles. The van der Waals surface area contributed by atoms with Crippen LogP contribution >= 0.6 is 0 Å². The summed E-state index contributed by atoms with van der Waals surface area (Å²) in [6.45, 7) is 9.31. The molecule has 0 aromatic rings. The topological polar surface area (TPSA) is 35.2 Å². The van der Waals surface area contributed by atoms with Crippen LogP contribution < -0.4 is 5.73 Å². The monoisotopic (exact) mass is 173 g/mol. The number of hydrogen-bond acceptors (Lipinski definition) is 2. The van der Waals surface area contributed by atoms with Gasteiger partial charge in [0.25, 0.3) is 0 Å². The van der Waals surface area contributed by atoms with Crippen molar-refractivity contribution in [1.29, 1.82) is 0 Å². The van der Waals surface area contributed by atoms with Crippen LogP contribution in [0.4, 0.5) is 0 Å². The summed E-state index contributed by atoms with van der Waals surface area (Å²) in [6.07, 6.45) is 2.47. The zero-order valence-corrected chi connectivity index (χ0v) is 8.84. The van der Waals surface area contributed by atoms with Crippen LogP contribution in [0.2, 0.25) is 0 Å². The third kappa shape index (κ3) is 6.62. The summed E-state index contributed by atoms with van der Waals surface area (Å²) in [6, 6.07) is 0.208. The van der Waals surface area contributed by atoms with Gasteiger partial charge in [0.15, 0.2) is 0 Å². The van der Waals surface area contributed by atoms with Gasteiger partial charge in [-0.2, -0.15) is 0 Å². The molecular formula is C10H23NO. The molecule has 0 aliphatic rings. The Kier molecular flexibility index (Phi) is 6.39. The summed E-state index contributed by atoms with van der Waals surface area (Å²) < 4.78 is 5.58. The van der Waals surface area contributed by atoms with E-state index in [0.717, 1.165) is 12.8 Å². The van der Waals surface area contributed by atoms with E-state index in [4.69, 9.17) is 10.5 Å². The van der Waals surface area contributed by atoms with Gasteiger partial charge in [0.1, 0.15) is 0 Å². The molecule has 2 N–H and O–H groups in total. The maximum Gasteiger partial charge on any atom is 0.0621 e. The summed E-state index contributed by atoms with van der Waals surface area (Å²) in [4.78, 5) is 0. The molecule has 0 heterocycles. The second-order valence-corrected chi connectivity index (χ2v) is 3.94. The molecule has 0 spiro atoms. The lowest BCUT2D eigenvalue weighted by Crippen LogP contribution is -2.27. The molecule has 0 fully saturated rings. The van der Waals surface area contributed by atoms with E-state index in [2.05, 4.69) is 27.7 Å². The standard InChI is InChI=1S/C10H23NO/c1-5-10(11)7-12-9(4)6-8(2)3/h8-10H,5-7,11H2,1-4H3. The molecule has 0 aliphatic heterocycles. The Morgan fingerprint density at radius 1 is 1.25 bits per heavy atom. The quantitative estimate of drug-likeness (QED) is 0.668. The van der Waals surface area contributed by atoms with E-state index in [1.807, 2.05) is 0 Å². The molecule has 0 aliphatic carbocycles. The van der Waals surface area contributed by atoms with Crippen LogP contribution in [0.3, 0.4) is 0 Å². The van der Waals surface area contributed by atoms with Crippen molar-refractivity contribution in [1.82, 2.24) is 0 Å².